The van der Waals surface area contributed by atoms with Gasteiger partial charge >= 0.3 is 0 Å². The molecule has 7 heteroatoms. The first-order chi connectivity index (χ1) is 12.9. The number of benzene rings is 1. The van der Waals surface area contributed by atoms with Crippen LogP contribution in [0, 0.1) is 5.92 Å². The first-order valence-electron chi connectivity index (χ1n) is 9.49. The molecule has 148 valence electrons. The third-order valence-electron chi connectivity index (χ3n) is 5.20. The molecule has 1 aromatic carbocycles. The third kappa shape index (κ3) is 5.36. The van der Waals surface area contributed by atoms with Crippen molar-refractivity contribution in [2.45, 2.75) is 45.1 Å². The van der Waals surface area contributed by atoms with Gasteiger partial charge in [-0.1, -0.05) is 11.6 Å². The van der Waals surface area contributed by atoms with Gasteiger partial charge in [0.15, 0.2) is 5.58 Å². The quantitative estimate of drug-likeness (QED) is 0.769. The highest BCUT2D eigenvalue weighted by atomic mass is 35.5. The second-order valence-corrected chi connectivity index (χ2v) is 8.27. The minimum Gasteiger partial charge on any atom is -0.423 e. The molecule has 1 atom stereocenters. The minimum atomic E-state index is -0.217. The summed E-state index contributed by atoms with van der Waals surface area (Å²) < 4.78 is 11.3. The molecule has 3 rings (SSSR count). The minimum absolute atomic E-state index is 0.0955. The van der Waals surface area contributed by atoms with Crippen LogP contribution in [0.1, 0.15) is 39.5 Å². The van der Waals surface area contributed by atoms with E-state index in [9.17, 15) is 4.79 Å². The predicted molar refractivity (Wildman–Crippen MR) is 107 cm³/mol. The van der Waals surface area contributed by atoms with Gasteiger partial charge in [-0.25, -0.2) is 0 Å². The van der Waals surface area contributed by atoms with Crippen molar-refractivity contribution in [2.75, 3.05) is 31.6 Å². The van der Waals surface area contributed by atoms with Gasteiger partial charge in [-0.2, -0.15) is 4.98 Å². The van der Waals surface area contributed by atoms with E-state index in [2.05, 4.69) is 15.2 Å². The second kappa shape index (κ2) is 8.48. The Balaban J connectivity index is 1.53. The summed E-state index contributed by atoms with van der Waals surface area (Å²) in [4.78, 5) is 19.0. The maximum absolute atomic E-state index is 12.3. The van der Waals surface area contributed by atoms with E-state index >= 15 is 0 Å². The van der Waals surface area contributed by atoms with Gasteiger partial charge in [0.1, 0.15) is 5.52 Å². The number of methoxy groups -OCH3 is 1. The molecule has 1 N–H and O–H groups in total. The van der Waals surface area contributed by atoms with E-state index in [1.165, 1.54) is 0 Å². The van der Waals surface area contributed by atoms with E-state index in [4.69, 9.17) is 20.8 Å². The predicted octanol–water partition coefficient (Wildman–Crippen LogP) is 4.02. The van der Waals surface area contributed by atoms with Crippen LogP contribution in [-0.4, -0.2) is 43.2 Å². The molecule has 1 aliphatic rings. The average Bonchev–Trinajstić information content (AvgIpc) is 3.05. The van der Waals surface area contributed by atoms with E-state index in [-0.39, 0.29) is 11.5 Å². The maximum Gasteiger partial charge on any atom is 0.298 e. The number of aromatic nitrogens is 1. The van der Waals surface area contributed by atoms with Gasteiger partial charge in [0.25, 0.3) is 6.01 Å². The Hall–Kier alpha value is -1.79. The number of anilines is 1. The molecule has 0 radical (unpaired) electrons. The SMILES string of the molecule is COC(C)(C)CCNC(=O)CC1CCCN(c2nc3ccc(Cl)cc3o2)C1. The van der Waals surface area contributed by atoms with Crippen molar-refractivity contribution in [3.05, 3.63) is 23.2 Å². The van der Waals surface area contributed by atoms with Gasteiger partial charge < -0.3 is 19.4 Å². The average molecular weight is 394 g/mol. The summed E-state index contributed by atoms with van der Waals surface area (Å²) in [5.41, 5.74) is 1.28. The number of nitrogens with zero attached hydrogens (tertiary/aromatic N) is 2. The molecule has 1 aliphatic heterocycles. The molecule has 1 aromatic heterocycles. The zero-order chi connectivity index (χ0) is 19.4. The second-order valence-electron chi connectivity index (χ2n) is 7.83. The summed E-state index contributed by atoms with van der Waals surface area (Å²) in [6, 6.07) is 6.06. The van der Waals surface area contributed by atoms with E-state index in [1.807, 2.05) is 26.0 Å². The Bertz CT molecular complexity index is 790. The van der Waals surface area contributed by atoms with Crippen LogP contribution < -0.4 is 10.2 Å². The summed E-state index contributed by atoms with van der Waals surface area (Å²) in [7, 11) is 1.69. The highest BCUT2D eigenvalue weighted by Gasteiger charge is 2.25. The number of fused-ring (bicyclic) bond motifs is 1. The first kappa shape index (κ1) is 20.0. The van der Waals surface area contributed by atoms with E-state index < -0.39 is 0 Å². The fraction of sp³-hybridized carbons (Fsp3) is 0.600. The van der Waals surface area contributed by atoms with Gasteiger partial charge in [0.2, 0.25) is 5.91 Å². The van der Waals surface area contributed by atoms with Crippen molar-refractivity contribution in [3.63, 3.8) is 0 Å². The van der Waals surface area contributed by atoms with Crippen LogP contribution >= 0.6 is 11.6 Å². The molecule has 0 aliphatic carbocycles. The summed E-state index contributed by atoms with van der Waals surface area (Å²) in [5.74, 6) is 0.394. The summed E-state index contributed by atoms with van der Waals surface area (Å²) in [5, 5.41) is 3.65. The van der Waals surface area contributed by atoms with Crippen LogP contribution in [-0.2, 0) is 9.53 Å². The molecule has 0 saturated carbocycles. The number of oxazole rings is 1. The topological polar surface area (TPSA) is 67.6 Å². The molecule has 6 nitrogen and oxygen atoms in total. The van der Waals surface area contributed by atoms with Crippen LogP contribution in [0.2, 0.25) is 5.02 Å². The zero-order valence-electron chi connectivity index (χ0n) is 16.3. The molecule has 1 saturated heterocycles. The van der Waals surface area contributed by atoms with Gasteiger partial charge in [-0.3, -0.25) is 4.79 Å². The van der Waals surface area contributed by atoms with Gasteiger partial charge in [0.05, 0.1) is 5.60 Å². The van der Waals surface area contributed by atoms with Gasteiger partial charge in [-0.05, 0) is 51.2 Å². The van der Waals surface area contributed by atoms with Crippen molar-refractivity contribution in [1.82, 2.24) is 10.3 Å². The zero-order valence-corrected chi connectivity index (χ0v) is 17.0. The molecular weight excluding hydrogens is 366 g/mol. The third-order valence-corrected chi connectivity index (χ3v) is 5.44. The van der Waals surface area contributed by atoms with Crippen molar-refractivity contribution in [3.8, 4) is 0 Å². The Morgan fingerprint density at radius 1 is 1.48 bits per heavy atom. The molecule has 0 spiro atoms. The number of rotatable bonds is 7. The number of amides is 1. The lowest BCUT2D eigenvalue weighted by Crippen LogP contribution is -2.39. The lowest BCUT2D eigenvalue weighted by molar-refractivity contribution is -0.122. The molecule has 2 aromatic rings. The number of carbonyl (C=O) groups is 1. The lowest BCUT2D eigenvalue weighted by Gasteiger charge is -2.31. The maximum atomic E-state index is 12.3. The highest BCUT2D eigenvalue weighted by molar-refractivity contribution is 6.31. The Morgan fingerprint density at radius 3 is 3.07 bits per heavy atom. The molecule has 1 fully saturated rings. The van der Waals surface area contributed by atoms with Gasteiger partial charge in [0, 0.05) is 44.3 Å². The number of piperidine rings is 1. The largest absolute Gasteiger partial charge is 0.423 e. The van der Waals surface area contributed by atoms with Crippen molar-refractivity contribution >= 4 is 34.6 Å². The van der Waals surface area contributed by atoms with Crippen molar-refractivity contribution in [1.29, 1.82) is 0 Å². The normalized spacial score (nSPS) is 18.1. The fourth-order valence-electron chi connectivity index (χ4n) is 3.37. The summed E-state index contributed by atoms with van der Waals surface area (Å²) >= 11 is 6.02. The first-order valence-corrected chi connectivity index (χ1v) is 9.87. The van der Waals surface area contributed by atoms with E-state index in [0.29, 0.717) is 35.5 Å². The van der Waals surface area contributed by atoms with E-state index in [1.54, 1.807) is 13.2 Å². The van der Waals surface area contributed by atoms with Crippen LogP contribution in [0.3, 0.4) is 0 Å². The molecule has 2 heterocycles. The Kier molecular flexibility index (Phi) is 6.27. The molecular formula is C20H28ClN3O3. The monoisotopic (exact) mass is 393 g/mol. The molecule has 0 bridgehead atoms. The number of halogens is 1. The molecule has 1 unspecified atom stereocenters. The summed E-state index contributed by atoms with van der Waals surface area (Å²) in [6.07, 6.45) is 3.38. The van der Waals surface area contributed by atoms with Crippen LogP contribution in [0.15, 0.2) is 22.6 Å². The van der Waals surface area contributed by atoms with Crippen molar-refractivity contribution < 1.29 is 13.9 Å². The lowest BCUT2D eigenvalue weighted by atomic mass is 9.94. The van der Waals surface area contributed by atoms with Crippen LogP contribution in [0.4, 0.5) is 6.01 Å². The molecule has 27 heavy (non-hydrogen) atoms. The standard InChI is InChI=1S/C20H28ClN3O3/c1-20(2,26-3)8-9-22-18(25)11-14-5-4-10-24(13-14)19-23-16-7-6-15(21)12-17(16)27-19/h6-7,12,14H,4-5,8-11,13H2,1-3H3,(H,22,25). The smallest absolute Gasteiger partial charge is 0.298 e. The number of nitrogens with one attached hydrogen (secondary N) is 1. The fourth-order valence-corrected chi connectivity index (χ4v) is 3.53. The van der Waals surface area contributed by atoms with Gasteiger partial charge in [-0.15, -0.1) is 0 Å². The number of hydrogen-bond acceptors (Lipinski definition) is 5. The van der Waals surface area contributed by atoms with Crippen LogP contribution in [0.25, 0.3) is 11.1 Å². The highest BCUT2D eigenvalue weighted by Crippen LogP contribution is 2.28. The Morgan fingerprint density at radius 2 is 2.30 bits per heavy atom. The number of ether oxygens (including phenoxy) is 1. The molecule has 1 amide bonds. The van der Waals surface area contributed by atoms with Crippen molar-refractivity contribution in [2.24, 2.45) is 5.92 Å². The number of carbonyl (C=O) groups excluding carboxylic acids is 1. The number of hydrogen-bond donors (Lipinski definition) is 1. The van der Waals surface area contributed by atoms with Crippen LogP contribution in [0.5, 0.6) is 0 Å². The van der Waals surface area contributed by atoms with E-state index in [0.717, 1.165) is 37.9 Å². The Labute approximate surface area is 165 Å². The summed E-state index contributed by atoms with van der Waals surface area (Å²) in [6.45, 7) is 6.33.